The monoisotopic (exact) mass is 244 g/mol. The lowest BCUT2D eigenvalue weighted by Gasteiger charge is -2.26. The molecular formula is C16H20O2. The molecule has 2 nitrogen and oxygen atoms in total. The maximum atomic E-state index is 10.0. The Morgan fingerprint density at radius 2 is 2.11 bits per heavy atom. The third-order valence-electron chi connectivity index (χ3n) is 3.92. The van der Waals surface area contributed by atoms with Crippen LogP contribution in [-0.4, -0.2) is 11.2 Å². The summed E-state index contributed by atoms with van der Waals surface area (Å²) in [6, 6.07) is 6.07. The first-order valence-electron chi connectivity index (χ1n) is 6.98. The third-order valence-corrected chi connectivity index (χ3v) is 3.92. The summed E-state index contributed by atoms with van der Waals surface area (Å²) in [5.41, 5.74) is 2.29. The molecule has 1 aromatic rings. The van der Waals surface area contributed by atoms with E-state index < -0.39 is 0 Å². The first kappa shape index (κ1) is 11.8. The highest BCUT2D eigenvalue weighted by Crippen LogP contribution is 2.36. The van der Waals surface area contributed by atoms with E-state index in [0.717, 1.165) is 37.0 Å². The molecule has 0 aromatic heterocycles. The molecule has 0 aliphatic heterocycles. The first-order chi connectivity index (χ1) is 8.84. The Labute approximate surface area is 108 Å². The van der Waals surface area contributed by atoms with E-state index in [0.29, 0.717) is 0 Å². The Kier molecular flexibility index (Phi) is 3.37. The van der Waals surface area contributed by atoms with Gasteiger partial charge in [-0.3, -0.25) is 0 Å². The molecule has 2 atom stereocenters. The van der Waals surface area contributed by atoms with Crippen LogP contribution in [0.25, 0.3) is 0 Å². The highest BCUT2D eigenvalue weighted by molar-refractivity contribution is 5.43. The number of benzene rings is 1. The van der Waals surface area contributed by atoms with Gasteiger partial charge in [-0.05, 0) is 61.8 Å². The highest BCUT2D eigenvalue weighted by Gasteiger charge is 2.22. The average Bonchev–Trinajstić information content (AvgIpc) is 2.41. The standard InChI is InChI=1S/C16H20O2/c17-15-10-4-9-14-13(15)8-5-11-16(14)18-12-6-2-1-3-7-12/h2,5-6,8,11-12,15,17H,1,3-4,7,9-10H2. The van der Waals surface area contributed by atoms with Gasteiger partial charge in [0.1, 0.15) is 11.9 Å². The fourth-order valence-electron chi connectivity index (χ4n) is 2.94. The van der Waals surface area contributed by atoms with Crippen LogP contribution in [0.4, 0.5) is 0 Å². The van der Waals surface area contributed by atoms with Gasteiger partial charge in [0, 0.05) is 0 Å². The maximum absolute atomic E-state index is 10.0. The molecule has 2 aliphatic rings. The van der Waals surface area contributed by atoms with Crippen LogP contribution < -0.4 is 4.74 Å². The average molecular weight is 244 g/mol. The molecule has 0 radical (unpaired) electrons. The van der Waals surface area contributed by atoms with Crippen LogP contribution in [-0.2, 0) is 6.42 Å². The van der Waals surface area contributed by atoms with E-state index in [1.807, 2.05) is 18.2 Å². The van der Waals surface area contributed by atoms with Gasteiger partial charge in [0.05, 0.1) is 6.10 Å². The molecule has 1 N–H and O–H groups in total. The summed E-state index contributed by atoms with van der Waals surface area (Å²) in [4.78, 5) is 0. The Balaban J connectivity index is 1.85. The van der Waals surface area contributed by atoms with Crippen molar-refractivity contribution in [1.82, 2.24) is 0 Å². The lowest BCUT2D eigenvalue weighted by molar-refractivity contribution is 0.153. The number of aliphatic hydroxyl groups excluding tert-OH is 1. The lowest BCUT2D eigenvalue weighted by Crippen LogP contribution is -2.18. The molecule has 3 rings (SSSR count). The number of rotatable bonds is 2. The van der Waals surface area contributed by atoms with Crippen LogP contribution in [0, 0.1) is 0 Å². The summed E-state index contributed by atoms with van der Waals surface area (Å²) in [5.74, 6) is 0.975. The van der Waals surface area contributed by atoms with E-state index in [1.165, 1.54) is 18.4 Å². The maximum Gasteiger partial charge on any atom is 0.123 e. The molecule has 0 heterocycles. The molecule has 0 saturated heterocycles. The Bertz CT molecular complexity index is 450. The topological polar surface area (TPSA) is 29.5 Å². The van der Waals surface area contributed by atoms with Crippen LogP contribution in [0.15, 0.2) is 30.4 Å². The van der Waals surface area contributed by atoms with Crippen molar-refractivity contribution in [3.05, 3.63) is 41.5 Å². The molecule has 0 spiro atoms. The van der Waals surface area contributed by atoms with Crippen molar-refractivity contribution in [2.45, 2.75) is 50.7 Å². The molecule has 0 saturated carbocycles. The fourth-order valence-corrected chi connectivity index (χ4v) is 2.94. The lowest BCUT2D eigenvalue weighted by atomic mass is 9.89. The minimum atomic E-state index is -0.306. The van der Waals surface area contributed by atoms with Gasteiger partial charge in [-0.25, -0.2) is 0 Å². The Morgan fingerprint density at radius 1 is 1.17 bits per heavy atom. The second kappa shape index (κ2) is 5.15. The summed E-state index contributed by atoms with van der Waals surface area (Å²) >= 11 is 0. The predicted octanol–water partition coefficient (Wildman–Crippen LogP) is 3.54. The quantitative estimate of drug-likeness (QED) is 0.806. The zero-order valence-corrected chi connectivity index (χ0v) is 10.6. The van der Waals surface area contributed by atoms with Crippen LogP contribution >= 0.6 is 0 Å². The molecule has 0 bridgehead atoms. The van der Waals surface area contributed by atoms with Gasteiger partial charge in [-0.2, -0.15) is 0 Å². The smallest absolute Gasteiger partial charge is 0.123 e. The van der Waals surface area contributed by atoms with Crippen molar-refractivity contribution in [2.24, 2.45) is 0 Å². The van der Waals surface area contributed by atoms with Gasteiger partial charge in [0.2, 0.25) is 0 Å². The zero-order valence-electron chi connectivity index (χ0n) is 10.6. The first-order valence-corrected chi connectivity index (χ1v) is 6.98. The van der Waals surface area contributed by atoms with Gasteiger partial charge in [0.25, 0.3) is 0 Å². The minimum absolute atomic E-state index is 0.212. The largest absolute Gasteiger partial charge is 0.486 e. The number of allylic oxidation sites excluding steroid dienone is 1. The summed E-state index contributed by atoms with van der Waals surface area (Å²) in [6.07, 6.45) is 10.7. The number of aliphatic hydroxyl groups is 1. The van der Waals surface area contributed by atoms with Crippen LogP contribution in [0.5, 0.6) is 5.75 Å². The number of hydrogen-bond donors (Lipinski definition) is 1. The summed E-state index contributed by atoms with van der Waals surface area (Å²) < 4.78 is 6.10. The van der Waals surface area contributed by atoms with Crippen molar-refractivity contribution < 1.29 is 9.84 Å². The van der Waals surface area contributed by atoms with Crippen molar-refractivity contribution in [2.75, 3.05) is 0 Å². The number of hydrogen-bond acceptors (Lipinski definition) is 2. The SMILES string of the molecule is OC1CCCc2c(OC3C=CCCC3)cccc21. The van der Waals surface area contributed by atoms with E-state index in [4.69, 9.17) is 4.74 Å². The molecule has 2 heteroatoms. The molecule has 0 amide bonds. The molecule has 1 aromatic carbocycles. The van der Waals surface area contributed by atoms with Gasteiger partial charge >= 0.3 is 0 Å². The van der Waals surface area contributed by atoms with Crippen LogP contribution in [0.1, 0.15) is 49.3 Å². The second-order valence-electron chi connectivity index (χ2n) is 5.25. The van der Waals surface area contributed by atoms with E-state index in [-0.39, 0.29) is 12.2 Å². The number of ether oxygens (including phenoxy) is 1. The molecular weight excluding hydrogens is 224 g/mol. The van der Waals surface area contributed by atoms with Crippen molar-refractivity contribution in [1.29, 1.82) is 0 Å². The minimum Gasteiger partial charge on any atom is -0.486 e. The molecule has 2 unspecified atom stereocenters. The highest BCUT2D eigenvalue weighted by atomic mass is 16.5. The van der Waals surface area contributed by atoms with Crippen LogP contribution in [0.2, 0.25) is 0 Å². The van der Waals surface area contributed by atoms with Crippen molar-refractivity contribution >= 4 is 0 Å². The van der Waals surface area contributed by atoms with Crippen molar-refractivity contribution in [3.63, 3.8) is 0 Å². The van der Waals surface area contributed by atoms with Gasteiger partial charge < -0.3 is 9.84 Å². The molecule has 2 aliphatic carbocycles. The summed E-state index contributed by atoms with van der Waals surface area (Å²) in [7, 11) is 0. The van der Waals surface area contributed by atoms with E-state index in [2.05, 4.69) is 12.2 Å². The van der Waals surface area contributed by atoms with E-state index >= 15 is 0 Å². The van der Waals surface area contributed by atoms with E-state index in [1.54, 1.807) is 0 Å². The molecule has 0 fully saturated rings. The van der Waals surface area contributed by atoms with Crippen molar-refractivity contribution in [3.8, 4) is 5.75 Å². The summed E-state index contributed by atoms with van der Waals surface area (Å²) in [6.45, 7) is 0. The molecule has 96 valence electrons. The Morgan fingerprint density at radius 3 is 2.94 bits per heavy atom. The van der Waals surface area contributed by atoms with Crippen LogP contribution in [0.3, 0.4) is 0 Å². The van der Waals surface area contributed by atoms with Gasteiger partial charge in [-0.15, -0.1) is 0 Å². The number of fused-ring (bicyclic) bond motifs is 1. The Hall–Kier alpha value is -1.28. The third kappa shape index (κ3) is 2.30. The molecule has 18 heavy (non-hydrogen) atoms. The summed E-state index contributed by atoms with van der Waals surface area (Å²) in [5, 5.41) is 10.0. The predicted molar refractivity (Wildman–Crippen MR) is 71.7 cm³/mol. The van der Waals surface area contributed by atoms with Gasteiger partial charge in [0.15, 0.2) is 0 Å². The van der Waals surface area contributed by atoms with E-state index in [9.17, 15) is 5.11 Å². The van der Waals surface area contributed by atoms with Gasteiger partial charge in [-0.1, -0.05) is 18.2 Å². The zero-order chi connectivity index (χ0) is 12.4. The normalized spacial score (nSPS) is 26.7. The fraction of sp³-hybridized carbons (Fsp3) is 0.500. The second-order valence-corrected chi connectivity index (χ2v) is 5.25.